The number of hydrogen-bond acceptors (Lipinski definition) is 8. The average Bonchev–Trinajstić information content (AvgIpc) is 3.40. The Bertz CT molecular complexity index is 1400. The van der Waals surface area contributed by atoms with E-state index in [1.807, 2.05) is 6.07 Å². The lowest BCUT2D eigenvalue weighted by molar-refractivity contribution is 0.101. The van der Waals surface area contributed by atoms with E-state index in [1.165, 1.54) is 29.3 Å². The van der Waals surface area contributed by atoms with Crippen LogP contribution < -0.4 is 24.2 Å². The second-order valence-electron chi connectivity index (χ2n) is 10.1. The first-order valence-electron chi connectivity index (χ1n) is 13.1. The highest BCUT2D eigenvalue weighted by Gasteiger charge is 2.25. The minimum atomic E-state index is -3.54. The summed E-state index contributed by atoms with van der Waals surface area (Å²) in [6.07, 6.45) is 4.37. The SMILES string of the molecule is CS(=O)(=O)Nc1cc(OC[C@@H](O)CNC2CCC(c3ccccc3-c3ccc4c(c3)OCO4)CC2)ccc1O. The standard InChI is InChI=1S/C29H34N2O7S/c1-39(34,35)31-26-15-23(11-12-27(26)33)36-17-22(32)16-30-21-9-6-19(7-10-21)24-4-2-3-5-25(24)20-8-13-28-29(14-20)38-18-37-28/h2-5,8,11-15,19,21-22,30-33H,6-7,9-10,16-18H2,1H3/t19?,21?,22-/m0/s1. The summed E-state index contributed by atoms with van der Waals surface area (Å²) in [7, 11) is -3.54. The predicted molar refractivity (Wildman–Crippen MR) is 149 cm³/mol. The number of rotatable bonds is 10. The van der Waals surface area contributed by atoms with Gasteiger partial charge in [0.2, 0.25) is 16.8 Å². The van der Waals surface area contributed by atoms with Crippen LogP contribution in [0.25, 0.3) is 11.1 Å². The lowest BCUT2D eigenvalue weighted by atomic mass is 9.79. The third-order valence-electron chi connectivity index (χ3n) is 7.16. The third kappa shape index (κ3) is 6.95. The van der Waals surface area contributed by atoms with Gasteiger partial charge in [0, 0.05) is 18.7 Å². The summed E-state index contributed by atoms with van der Waals surface area (Å²) < 4.78 is 41.8. The van der Waals surface area contributed by atoms with Crippen molar-refractivity contribution in [1.29, 1.82) is 0 Å². The zero-order valence-electron chi connectivity index (χ0n) is 21.8. The van der Waals surface area contributed by atoms with Gasteiger partial charge < -0.3 is 29.7 Å². The van der Waals surface area contributed by atoms with Gasteiger partial charge in [-0.2, -0.15) is 0 Å². The van der Waals surface area contributed by atoms with Crippen molar-refractivity contribution >= 4 is 15.7 Å². The molecule has 0 saturated heterocycles. The summed E-state index contributed by atoms with van der Waals surface area (Å²) in [4.78, 5) is 0. The molecular weight excluding hydrogens is 520 g/mol. The number of phenols is 1. The Kier molecular flexibility index (Phi) is 8.15. The summed E-state index contributed by atoms with van der Waals surface area (Å²) in [5.74, 6) is 2.17. The number of fused-ring (bicyclic) bond motifs is 1. The maximum atomic E-state index is 11.5. The molecule has 2 aliphatic rings. The van der Waals surface area contributed by atoms with Crippen LogP contribution in [0.5, 0.6) is 23.0 Å². The van der Waals surface area contributed by atoms with E-state index in [4.69, 9.17) is 14.2 Å². The van der Waals surface area contributed by atoms with Gasteiger partial charge in [-0.15, -0.1) is 0 Å². The van der Waals surface area contributed by atoms with E-state index in [2.05, 4.69) is 46.4 Å². The van der Waals surface area contributed by atoms with Crippen molar-refractivity contribution in [2.24, 2.45) is 0 Å². The Balaban J connectivity index is 1.11. The van der Waals surface area contributed by atoms with Crippen LogP contribution in [0.3, 0.4) is 0 Å². The van der Waals surface area contributed by atoms with E-state index in [-0.39, 0.29) is 24.8 Å². The Morgan fingerprint density at radius 1 is 1.00 bits per heavy atom. The molecule has 1 aliphatic heterocycles. The Labute approximate surface area is 228 Å². The summed E-state index contributed by atoms with van der Waals surface area (Å²) >= 11 is 0. The fourth-order valence-corrected chi connectivity index (χ4v) is 5.79. The molecular formula is C29H34N2O7S. The first-order chi connectivity index (χ1) is 18.7. The van der Waals surface area contributed by atoms with Crippen molar-refractivity contribution in [1.82, 2.24) is 5.32 Å². The molecule has 1 saturated carbocycles. The van der Waals surface area contributed by atoms with Crippen LogP contribution in [0.2, 0.25) is 0 Å². The highest BCUT2D eigenvalue weighted by molar-refractivity contribution is 7.92. The minimum absolute atomic E-state index is 0.0273. The molecule has 39 heavy (non-hydrogen) atoms. The fraction of sp³-hybridized carbons (Fsp3) is 0.379. The van der Waals surface area contributed by atoms with Gasteiger partial charge >= 0.3 is 0 Å². The molecule has 0 unspecified atom stereocenters. The molecule has 10 heteroatoms. The van der Waals surface area contributed by atoms with Gasteiger partial charge in [-0.05, 0) is 72.6 Å². The molecule has 3 aromatic carbocycles. The van der Waals surface area contributed by atoms with E-state index < -0.39 is 16.1 Å². The average molecular weight is 555 g/mol. The number of sulfonamides is 1. The molecule has 1 fully saturated rings. The lowest BCUT2D eigenvalue weighted by Gasteiger charge is -2.31. The largest absolute Gasteiger partial charge is 0.506 e. The first-order valence-corrected chi connectivity index (χ1v) is 15.0. The highest BCUT2D eigenvalue weighted by Crippen LogP contribution is 2.41. The van der Waals surface area contributed by atoms with Crippen LogP contribution in [0.15, 0.2) is 60.7 Å². The van der Waals surface area contributed by atoms with Crippen LogP contribution in [0.1, 0.15) is 37.2 Å². The number of phenolic OH excluding ortho intramolecular Hbond substituents is 1. The van der Waals surface area contributed by atoms with Gasteiger partial charge in [-0.1, -0.05) is 30.3 Å². The van der Waals surface area contributed by atoms with Crippen molar-refractivity contribution in [2.45, 2.75) is 43.7 Å². The summed E-state index contributed by atoms with van der Waals surface area (Å²) in [5.41, 5.74) is 3.73. The molecule has 3 aromatic rings. The van der Waals surface area contributed by atoms with Crippen molar-refractivity contribution < 1.29 is 32.8 Å². The second kappa shape index (κ2) is 11.7. The molecule has 0 radical (unpaired) electrons. The molecule has 4 N–H and O–H groups in total. The lowest BCUT2D eigenvalue weighted by Crippen LogP contribution is -2.39. The smallest absolute Gasteiger partial charge is 0.231 e. The number of aliphatic hydroxyl groups is 1. The minimum Gasteiger partial charge on any atom is -0.506 e. The van der Waals surface area contributed by atoms with Gasteiger partial charge in [0.15, 0.2) is 11.5 Å². The van der Waals surface area contributed by atoms with Crippen molar-refractivity contribution in [2.75, 3.05) is 30.9 Å². The van der Waals surface area contributed by atoms with Crippen LogP contribution in [0.4, 0.5) is 5.69 Å². The molecule has 1 atom stereocenters. The highest BCUT2D eigenvalue weighted by atomic mass is 32.2. The molecule has 0 spiro atoms. The Hall–Kier alpha value is -3.47. The van der Waals surface area contributed by atoms with Crippen LogP contribution in [-0.2, 0) is 10.0 Å². The molecule has 9 nitrogen and oxygen atoms in total. The Morgan fingerprint density at radius 3 is 2.56 bits per heavy atom. The molecule has 208 valence electrons. The Morgan fingerprint density at radius 2 is 1.77 bits per heavy atom. The monoisotopic (exact) mass is 554 g/mol. The molecule has 1 aliphatic carbocycles. The summed E-state index contributed by atoms with van der Waals surface area (Å²) in [6, 6.07) is 19.2. The van der Waals surface area contributed by atoms with Gasteiger partial charge in [0.1, 0.15) is 24.2 Å². The zero-order chi connectivity index (χ0) is 27.4. The molecule has 5 rings (SSSR count). The number of nitrogens with one attached hydrogen (secondary N) is 2. The maximum absolute atomic E-state index is 11.5. The van der Waals surface area contributed by atoms with E-state index >= 15 is 0 Å². The molecule has 1 heterocycles. The topological polar surface area (TPSA) is 126 Å². The number of anilines is 1. The second-order valence-corrected chi connectivity index (χ2v) is 11.9. The molecule has 0 amide bonds. The molecule has 0 bridgehead atoms. The van der Waals surface area contributed by atoms with Crippen LogP contribution in [0, 0.1) is 0 Å². The summed E-state index contributed by atoms with van der Waals surface area (Å²) in [5, 5.41) is 23.8. The van der Waals surface area contributed by atoms with E-state index in [1.54, 1.807) is 0 Å². The number of aromatic hydroxyl groups is 1. The van der Waals surface area contributed by atoms with E-state index in [0.717, 1.165) is 49.0 Å². The van der Waals surface area contributed by atoms with Crippen molar-refractivity contribution in [3.63, 3.8) is 0 Å². The van der Waals surface area contributed by atoms with Crippen LogP contribution in [-0.4, -0.2) is 57.0 Å². The zero-order valence-corrected chi connectivity index (χ0v) is 22.6. The number of aliphatic hydroxyl groups excluding tert-OH is 1. The predicted octanol–water partition coefficient (Wildman–Crippen LogP) is 4.22. The number of benzene rings is 3. The third-order valence-corrected chi connectivity index (χ3v) is 7.75. The normalized spacial score (nSPS) is 19.4. The van der Waals surface area contributed by atoms with Gasteiger partial charge in [0.25, 0.3) is 0 Å². The van der Waals surface area contributed by atoms with Crippen molar-refractivity contribution in [3.8, 4) is 34.1 Å². The quantitative estimate of drug-likeness (QED) is 0.275. The van der Waals surface area contributed by atoms with E-state index in [0.29, 0.717) is 24.3 Å². The van der Waals surface area contributed by atoms with Crippen LogP contribution >= 0.6 is 0 Å². The fourth-order valence-electron chi connectivity index (χ4n) is 5.23. The van der Waals surface area contributed by atoms with Crippen molar-refractivity contribution in [3.05, 3.63) is 66.2 Å². The number of hydrogen-bond donors (Lipinski definition) is 4. The molecule has 0 aromatic heterocycles. The number of ether oxygens (including phenoxy) is 3. The van der Waals surface area contributed by atoms with E-state index in [9.17, 15) is 18.6 Å². The maximum Gasteiger partial charge on any atom is 0.231 e. The van der Waals surface area contributed by atoms with Gasteiger partial charge in [-0.3, -0.25) is 4.72 Å². The van der Waals surface area contributed by atoms with Gasteiger partial charge in [-0.25, -0.2) is 8.42 Å². The van der Waals surface area contributed by atoms with Gasteiger partial charge in [0.05, 0.1) is 11.9 Å². The summed E-state index contributed by atoms with van der Waals surface area (Å²) in [6.45, 7) is 0.683. The first kappa shape index (κ1) is 27.1.